The van der Waals surface area contributed by atoms with Gasteiger partial charge in [0.15, 0.2) is 16.3 Å². The highest BCUT2D eigenvalue weighted by atomic mass is 32.1. The topological polar surface area (TPSA) is 79.1 Å². The lowest BCUT2D eigenvalue weighted by Crippen LogP contribution is -2.23. The van der Waals surface area contributed by atoms with Crippen molar-refractivity contribution in [3.8, 4) is 11.5 Å². The number of nitrogens with zero attached hydrogens (tertiary/aromatic N) is 2. The molecule has 0 aliphatic carbocycles. The van der Waals surface area contributed by atoms with Gasteiger partial charge in [0.05, 0.1) is 23.7 Å². The van der Waals surface area contributed by atoms with Crippen molar-refractivity contribution in [1.82, 2.24) is 4.57 Å². The van der Waals surface area contributed by atoms with Gasteiger partial charge in [-0.1, -0.05) is 53.8 Å². The number of benzene rings is 3. The van der Waals surface area contributed by atoms with Crippen molar-refractivity contribution in [1.29, 1.82) is 0 Å². The number of carbonyl (C=O) groups is 2. The smallest absolute Gasteiger partial charge is 0.325 e. The van der Waals surface area contributed by atoms with Crippen molar-refractivity contribution >= 4 is 44.2 Å². The molecule has 0 radical (unpaired) electrons. The van der Waals surface area contributed by atoms with E-state index < -0.39 is 5.97 Å². The largest absolute Gasteiger partial charge is 0.486 e. The second kappa shape index (κ2) is 8.47. The number of thiazole rings is 1. The Hall–Kier alpha value is -3.65. The second-order valence-corrected chi connectivity index (χ2v) is 8.34. The van der Waals surface area contributed by atoms with Crippen LogP contribution in [0.4, 0.5) is 0 Å². The molecule has 0 fully saturated rings. The molecule has 8 heteroatoms. The number of esters is 1. The lowest BCUT2D eigenvalue weighted by molar-refractivity contribution is -0.141. The number of hydrogen-bond acceptors (Lipinski definition) is 6. The molecule has 1 aliphatic heterocycles. The summed E-state index contributed by atoms with van der Waals surface area (Å²) in [4.78, 5) is 29.8. The van der Waals surface area contributed by atoms with Crippen LogP contribution in [0.1, 0.15) is 5.56 Å². The van der Waals surface area contributed by atoms with Crippen LogP contribution in [0.15, 0.2) is 59.6 Å². The van der Waals surface area contributed by atoms with Crippen molar-refractivity contribution in [3.05, 3.63) is 65.0 Å². The minimum atomic E-state index is -0.428. The third-order valence-electron chi connectivity index (χ3n) is 5.30. The van der Waals surface area contributed by atoms with Gasteiger partial charge in [0.25, 0.3) is 5.91 Å². The van der Waals surface area contributed by atoms with E-state index in [2.05, 4.69) is 4.99 Å². The van der Waals surface area contributed by atoms with E-state index in [4.69, 9.17) is 14.2 Å². The molecule has 0 saturated carbocycles. The molecule has 0 bridgehead atoms. The van der Waals surface area contributed by atoms with Crippen LogP contribution in [0.5, 0.6) is 11.5 Å². The van der Waals surface area contributed by atoms with E-state index in [1.165, 1.54) is 18.4 Å². The van der Waals surface area contributed by atoms with E-state index in [1.54, 1.807) is 4.57 Å². The molecule has 0 unspecified atom stereocenters. The Balaban J connectivity index is 1.57. The van der Waals surface area contributed by atoms with E-state index in [1.807, 2.05) is 54.6 Å². The number of rotatable bonds is 4. The summed E-state index contributed by atoms with van der Waals surface area (Å²) in [6.07, 6.45) is 0.163. The van der Waals surface area contributed by atoms with Crippen molar-refractivity contribution in [2.45, 2.75) is 13.0 Å². The third-order valence-corrected chi connectivity index (χ3v) is 6.34. The minimum Gasteiger partial charge on any atom is -0.486 e. The Morgan fingerprint density at radius 1 is 1.06 bits per heavy atom. The van der Waals surface area contributed by atoms with Crippen LogP contribution < -0.4 is 14.3 Å². The van der Waals surface area contributed by atoms with Gasteiger partial charge in [0, 0.05) is 12.1 Å². The van der Waals surface area contributed by atoms with Crippen LogP contribution in [0.2, 0.25) is 0 Å². The maximum Gasteiger partial charge on any atom is 0.325 e. The van der Waals surface area contributed by atoms with Gasteiger partial charge in [-0.25, -0.2) is 0 Å². The first kappa shape index (κ1) is 20.3. The van der Waals surface area contributed by atoms with Gasteiger partial charge in [0.1, 0.15) is 19.8 Å². The summed E-state index contributed by atoms with van der Waals surface area (Å²) in [7, 11) is 1.33. The Morgan fingerprint density at radius 3 is 2.62 bits per heavy atom. The number of carbonyl (C=O) groups excluding carboxylic acids is 2. The quantitative estimate of drug-likeness (QED) is 0.447. The van der Waals surface area contributed by atoms with Crippen molar-refractivity contribution in [2.24, 2.45) is 4.99 Å². The highest BCUT2D eigenvalue weighted by Gasteiger charge is 2.18. The Labute approximate surface area is 187 Å². The molecule has 0 N–H and O–H groups in total. The molecule has 1 amide bonds. The van der Waals surface area contributed by atoms with Gasteiger partial charge in [0.2, 0.25) is 0 Å². The maximum absolute atomic E-state index is 12.9. The van der Waals surface area contributed by atoms with Crippen molar-refractivity contribution in [3.63, 3.8) is 0 Å². The van der Waals surface area contributed by atoms with Gasteiger partial charge in [-0.3, -0.25) is 9.59 Å². The molecule has 1 aromatic heterocycles. The van der Waals surface area contributed by atoms with Crippen LogP contribution in [-0.2, 0) is 27.3 Å². The number of methoxy groups -OCH3 is 1. The number of hydrogen-bond donors (Lipinski definition) is 0. The Morgan fingerprint density at radius 2 is 1.81 bits per heavy atom. The molecule has 162 valence electrons. The zero-order valence-electron chi connectivity index (χ0n) is 17.4. The van der Waals surface area contributed by atoms with Crippen LogP contribution in [0.3, 0.4) is 0 Å². The fourth-order valence-electron chi connectivity index (χ4n) is 3.79. The number of ether oxygens (including phenoxy) is 3. The third kappa shape index (κ3) is 3.85. The van der Waals surface area contributed by atoms with Crippen molar-refractivity contribution in [2.75, 3.05) is 20.3 Å². The molecule has 5 rings (SSSR count). The van der Waals surface area contributed by atoms with Crippen molar-refractivity contribution < 1.29 is 23.8 Å². The predicted octanol–water partition coefficient (Wildman–Crippen LogP) is 3.47. The van der Waals surface area contributed by atoms with Crippen LogP contribution in [0, 0.1) is 0 Å². The fraction of sp³-hybridized carbons (Fsp3) is 0.208. The number of fused-ring (bicyclic) bond motifs is 3. The van der Waals surface area contributed by atoms with E-state index in [-0.39, 0.29) is 18.9 Å². The summed E-state index contributed by atoms with van der Waals surface area (Å²) < 4.78 is 18.7. The summed E-state index contributed by atoms with van der Waals surface area (Å²) in [5.41, 5.74) is 1.65. The van der Waals surface area contributed by atoms with E-state index >= 15 is 0 Å². The first-order chi connectivity index (χ1) is 15.6. The Bertz CT molecular complexity index is 1410. The highest BCUT2D eigenvalue weighted by Crippen LogP contribution is 2.35. The van der Waals surface area contributed by atoms with Crippen LogP contribution in [-0.4, -0.2) is 36.8 Å². The number of aromatic nitrogens is 1. The molecule has 0 spiro atoms. The van der Waals surface area contributed by atoms with Gasteiger partial charge < -0.3 is 18.8 Å². The standard InChI is InChI=1S/C24H20N2O5S/c1-29-23(28)14-26-18-12-19-20(31-10-9-30-19)13-21(18)32-24(26)25-22(27)11-16-7-4-6-15-5-2-3-8-17(15)16/h2-8,12-13H,9-11,14H2,1H3. The zero-order valence-corrected chi connectivity index (χ0v) is 18.2. The lowest BCUT2D eigenvalue weighted by Gasteiger charge is -2.18. The van der Waals surface area contributed by atoms with E-state index in [0.29, 0.717) is 29.5 Å². The fourth-order valence-corrected chi connectivity index (χ4v) is 4.85. The molecular weight excluding hydrogens is 428 g/mol. The molecular formula is C24H20N2O5S. The monoisotopic (exact) mass is 448 g/mol. The zero-order chi connectivity index (χ0) is 22.1. The lowest BCUT2D eigenvalue weighted by atomic mass is 10.0. The van der Waals surface area contributed by atoms with E-state index in [9.17, 15) is 9.59 Å². The van der Waals surface area contributed by atoms with Gasteiger partial charge in [-0.2, -0.15) is 4.99 Å². The molecule has 3 aromatic carbocycles. The molecule has 32 heavy (non-hydrogen) atoms. The normalized spacial score (nSPS) is 13.5. The minimum absolute atomic E-state index is 0.0590. The van der Waals surface area contributed by atoms with E-state index in [0.717, 1.165) is 26.6 Å². The number of amides is 1. The first-order valence-corrected chi connectivity index (χ1v) is 11.0. The molecule has 0 saturated heterocycles. The molecule has 7 nitrogen and oxygen atoms in total. The Kier molecular flexibility index (Phi) is 5.36. The van der Waals surface area contributed by atoms with Gasteiger partial charge in [-0.05, 0) is 16.3 Å². The van der Waals surface area contributed by atoms with Gasteiger partial charge >= 0.3 is 5.97 Å². The van der Waals surface area contributed by atoms with Gasteiger partial charge in [-0.15, -0.1) is 0 Å². The SMILES string of the molecule is COC(=O)Cn1c(=NC(=O)Cc2cccc3ccccc23)sc2cc3c(cc21)OCCO3. The summed E-state index contributed by atoms with van der Waals surface area (Å²) in [6, 6.07) is 17.5. The molecule has 2 heterocycles. The summed E-state index contributed by atoms with van der Waals surface area (Å²) in [6.45, 7) is 0.879. The second-order valence-electron chi connectivity index (χ2n) is 7.33. The highest BCUT2D eigenvalue weighted by molar-refractivity contribution is 7.16. The molecule has 1 aliphatic rings. The average molecular weight is 449 g/mol. The predicted molar refractivity (Wildman–Crippen MR) is 121 cm³/mol. The van der Waals surface area contributed by atoms with Crippen LogP contribution in [0.25, 0.3) is 21.0 Å². The first-order valence-electron chi connectivity index (χ1n) is 10.2. The molecule has 4 aromatic rings. The summed E-state index contributed by atoms with van der Waals surface area (Å²) in [5.74, 6) is 0.531. The summed E-state index contributed by atoms with van der Waals surface area (Å²) >= 11 is 1.32. The van der Waals surface area contributed by atoms with Crippen LogP contribution >= 0.6 is 11.3 Å². The molecule has 0 atom stereocenters. The average Bonchev–Trinajstić information content (AvgIpc) is 3.13. The maximum atomic E-state index is 12.9. The summed E-state index contributed by atoms with van der Waals surface area (Å²) in [5, 5.41) is 2.10.